The van der Waals surface area contributed by atoms with Gasteiger partial charge in [-0.25, -0.2) is 4.98 Å². The molecule has 2 aromatic carbocycles. The molecule has 11 heteroatoms. The molecule has 0 spiro atoms. The van der Waals surface area contributed by atoms with Crippen LogP contribution >= 0.6 is 34.9 Å². The number of rotatable bonds is 7. The Labute approximate surface area is 228 Å². The molecule has 0 atom stereocenters. The van der Waals surface area contributed by atoms with Crippen LogP contribution in [0.15, 0.2) is 60.2 Å². The Bertz CT molecular complexity index is 1550. The van der Waals surface area contributed by atoms with Gasteiger partial charge in [0.1, 0.15) is 4.99 Å². The second kappa shape index (κ2) is 10.1. The van der Waals surface area contributed by atoms with Crippen LogP contribution < -0.4 is 21.7 Å². The number of nitrogens with one attached hydrogen (secondary N) is 1. The van der Waals surface area contributed by atoms with E-state index in [1.807, 2.05) is 23.7 Å². The lowest BCUT2D eigenvalue weighted by Gasteiger charge is -2.33. The molecule has 0 saturated carbocycles. The predicted octanol–water partition coefficient (Wildman–Crippen LogP) is 5.29. The molecule has 1 aliphatic heterocycles. The number of anilines is 3. The molecule has 5 aromatic rings. The van der Waals surface area contributed by atoms with Gasteiger partial charge >= 0.3 is 0 Å². The molecule has 6 rings (SSSR count). The van der Waals surface area contributed by atoms with Crippen molar-refractivity contribution in [1.29, 1.82) is 0 Å². The summed E-state index contributed by atoms with van der Waals surface area (Å²) in [7, 11) is 0. The summed E-state index contributed by atoms with van der Waals surface area (Å²) >= 11 is 8.30. The van der Waals surface area contributed by atoms with Crippen LogP contribution in [0.25, 0.3) is 22.0 Å². The molecular formula is C26H26N8S3. The molecule has 0 amide bonds. The van der Waals surface area contributed by atoms with Gasteiger partial charge in [0.05, 0.1) is 0 Å². The Kier molecular flexibility index (Phi) is 6.49. The first-order chi connectivity index (χ1) is 18.0. The Hall–Kier alpha value is -3.54. The van der Waals surface area contributed by atoms with Crippen LogP contribution in [0, 0.1) is 0 Å². The Morgan fingerprint density at radius 2 is 2.00 bits per heavy atom. The van der Waals surface area contributed by atoms with Crippen molar-refractivity contribution >= 4 is 66.2 Å². The van der Waals surface area contributed by atoms with Crippen LogP contribution in [0.2, 0.25) is 0 Å². The number of benzene rings is 2. The van der Waals surface area contributed by atoms with Gasteiger partial charge in [0.25, 0.3) is 0 Å². The number of piperidine rings is 1. The van der Waals surface area contributed by atoms with E-state index in [0.717, 1.165) is 47.3 Å². The first-order valence-electron chi connectivity index (χ1n) is 12.1. The van der Waals surface area contributed by atoms with Crippen LogP contribution in [0.4, 0.5) is 15.4 Å². The topological polar surface area (TPSA) is 111 Å². The average Bonchev–Trinajstić information content (AvgIpc) is 3.68. The molecule has 37 heavy (non-hydrogen) atoms. The van der Waals surface area contributed by atoms with Crippen molar-refractivity contribution in [1.82, 2.24) is 19.7 Å². The van der Waals surface area contributed by atoms with Gasteiger partial charge in [-0.05, 0) is 36.1 Å². The van der Waals surface area contributed by atoms with Gasteiger partial charge < -0.3 is 26.3 Å². The lowest BCUT2D eigenvalue weighted by Crippen LogP contribution is -2.34. The molecule has 0 bridgehead atoms. The van der Waals surface area contributed by atoms with Gasteiger partial charge in [-0.2, -0.15) is 0 Å². The average molecular weight is 547 g/mol. The van der Waals surface area contributed by atoms with Crippen LogP contribution in [-0.2, 0) is 6.54 Å². The highest BCUT2D eigenvalue weighted by molar-refractivity contribution is 7.80. The Morgan fingerprint density at radius 1 is 1.14 bits per heavy atom. The Balaban J connectivity index is 1.35. The van der Waals surface area contributed by atoms with E-state index in [2.05, 4.69) is 66.5 Å². The molecule has 1 aliphatic rings. The van der Waals surface area contributed by atoms with Gasteiger partial charge in [-0.1, -0.05) is 53.9 Å². The first kappa shape index (κ1) is 23.8. The van der Waals surface area contributed by atoms with Gasteiger partial charge in [-0.3, -0.25) is 0 Å². The summed E-state index contributed by atoms with van der Waals surface area (Å²) in [4.78, 5) is 7.31. The number of hydrogen-bond acceptors (Lipinski definition) is 9. The summed E-state index contributed by atoms with van der Waals surface area (Å²) < 4.78 is 2.46. The molecule has 3 aromatic heterocycles. The lowest BCUT2D eigenvalue weighted by atomic mass is 10.0. The number of thiocarbonyl (C=S) groups is 1. The van der Waals surface area contributed by atoms with Gasteiger partial charge in [0, 0.05) is 65.5 Å². The lowest BCUT2D eigenvalue weighted by molar-refractivity contribution is 0.405. The normalized spacial score (nSPS) is 14.3. The van der Waals surface area contributed by atoms with E-state index in [-0.39, 0.29) is 0 Å². The number of thiazole rings is 1. The number of hydrogen-bond donors (Lipinski definition) is 3. The zero-order valence-electron chi connectivity index (χ0n) is 20.0. The number of aromatic nitrogens is 4. The van der Waals surface area contributed by atoms with E-state index in [4.69, 9.17) is 23.7 Å². The molecule has 0 radical (unpaired) electrons. The van der Waals surface area contributed by atoms with Crippen molar-refractivity contribution in [3.63, 3.8) is 0 Å². The largest absolute Gasteiger partial charge is 0.389 e. The molecule has 0 unspecified atom stereocenters. The fourth-order valence-electron chi connectivity index (χ4n) is 4.97. The third-order valence-corrected chi connectivity index (χ3v) is 8.57. The van der Waals surface area contributed by atoms with Crippen LogP contribution in [-0.4, -0.2) is 37.8 Å². The van der Waals surface area contributed by atoms with Crippen molar-refractivity contribution in [3.8, 4) is 11.1 Å². The minimum absolute atomic E-state index is 0.400. The molecular weight excluding hydrogens is 521 g/mol. The second-order valence-electron chi connectivity index (χ2n) is 9.08. The molecule has 1 fully saturated rings. The van der Waals surface area contributed by atoms with Gasteiger partial charge in [-0.15, -0.1) is 21.5 Å². The highest BCUT2D eigenvalue weighted by Crippen LogP contribution is 2.37. The molecule has 188 valence electrons. The number of nitrogens with zero attached hydrogens (tertiary/aromatic N) is 5. The monoisotopic (exact) mass is 546 g/mol. The van der Waals surface area contributed by atoms with Crippen molar-refractivity contribution in [2.45, 2.75) is 25.4 Å². The zero-order valence-corrected chi connectivity index (χ0v) is 22.5. The van der Waals surface area contributed by atoms with E-state index in [0.29, 0.717) is 22.7 Å². The predicted molar refractivity (Wildman–Crippen MR) is 158 cm³/mol. The SMILES string of the molecule is NC(=S)c1cccc(-c2cn(C3CCN(c4nccs4)CC3)c3cc(CNc4nnc(N)s4)ccc23)c1. The molecule has 5 N–H and O–H groups in total. The number of fused-ring (bicyclic) bond motifs is 1. The van der Waals surface area contributed by atoms with Crippen molar-refractivity contribution in [2.75, 3.05) is 29.0 Å². The highest BCUT2D eigenvalue weighted by Gasteiger charge is 2.24. The molecule has 4 heterocycles. The maximum atomic E-state index is 5.95. The summed E-state index contributed by atoms with van der Waals surface area (Å²) in [5, 5.41) is 16.8. The third kappa shape index (κ3) is 4.89. The summed E-state index contributed by atoms with van der Waals surface area (Å²) in [6, 6.07) is 15.2. The maximum absolute atomic E-state index is 5.95. The fraction of sp³-hybridized carbons (Fsp3) is 0.231. The van der Waals surface area contributed by atoms with E-state index in [1.54, 1.807) is 11.3 Å². The summed E-state index contributed by atoms with van der Waals surface area (Å²) in [6.45, 7) is 2.62. The molecule has 1 saturated heterocycles. The quantitative estimate of drug-likeness (QED) is 0.236. The van der Waals surface area contributed by atoms with E-state index in [1.165, 1.54) is 33.4 Å². The summed E-state index contributed by atoms with van der Waals surface area (Å²) in [6.07, 6.45) is 6.30. The van der Waals surface area contributed by atoms with Crippen molar-refractivity contribution < 1.29 is 0 Å². The van der Waals surface area contributed by atoms with E-state index >= 15 is 0 Å². The van der Waals surface area contributed by atoms with Crippen LogP contribution in [0.3, 0.4) is 0 Å². The van der Waals surface area contributed by atoms with Gasteiger partial charge in [0.2, 0.25) is 10.3 Å². The first-order valence-corrected chi connectivity index (χ1v) is 14.2. The molecule has 0 aliphatic carbocycles. The second-order valence-corrected chi connectivity index (χ2v) is 11.4. The van der Waals surface area contributed by atoms with Crippen molar-refractivity contribution in [2.24, 2.45) is 5.73 Å². The zero-order chi connectivity index (χ0) is 25.4. The smallest absolute Gasteiger partial charge is 0.207 e. The van der Waals surface area contributed by atoms with Gasteiger partial charge in [0.15, 0.2) is 5.13 Å². The van der Waals surface area contributed by atoms with E-state index < -0.39 is 0 Å². The summed E-state index contributed by atoms with van der Waals surface area (Å²) in [5.41, 5.74) is 17.2. The van der Waals surface area contributed by atoms with Crippen LogP contribution in [0.5, 0.6) is 0 Å². The number of nitrogen functional groups attached to an aromatic ring is 1. The fourth-order valence-corrected chi connectivity index (χ4v) is 6.30. The molecule has 8 nitrogen and oxygen atoms in total. The minimum Gasteiger partial charge on any atom is -0.389 e. The third-order valence-electron chi connectivity index (χ3n) is 6.79. The van der Waals surface area contributed by atoms with Crippen LogP contribution in [0.1, 0.15) is 30.0 Å². The number of nitrogens with two attached hydrogens (primary N) is 2. The standard InChI is InChI=1S/C26H26N8S3/c27-23(35)18-3-1-2-17(13-18)21-15-34(19-6-9-33(10-7-19)26-29-8-11-36-26)22-12-16(4-5-20(21)22)14-30-25-32-31-24(28)37-25/h1-5,8,11-13,15,19H,6-7,9-10,14H2,(H2,27,35)(H2,28,31)(H,30,32). The summed E-state index contributed by atoms with van der Waals surface area (Å²) in [5.74, 6) is 0. The van der Waals surface area contributed by atoms with E-state index in [9.17, 15) is 0 Å². The van der Waals surface area contributed by atoms with Crippen molar-refractivity contribution in [3.05, 3.63) is 71.4 Å². The minimum atomic E-state index is 0.400. The Morgan fingerprint density at radius 3 is 2.73 bits per heavy atom. The maximum Gasteiger partial charge on any atom is 0.207 e. The highest BCUT2D eigenvalue weighted by atomic mass is 32.1.